The van der Waals surface area contributed by atoms with Gasteiger partial charge >= 0.3 is 0 Å². The molecule has 0 aliphatic carbocycles. The van der Waals surface area contributed by atoms with Gasteiger partial charge in [0.1, 0.15) is 0 Å². The Balaban J connectivity index is 2.41. The molecule has 2 aliphatic heterocycles. The lowest BCUT2D eigenvalue weighted by Crippen LogP contribution is -2.20. The number of ether oxygens (including phenoxy) is 1. The van der Waals surface area contributed by atoms with Crippen LogP contribution < -0.4 is 5.32 Å². The van der Waals surface area contributed by atoms with Crippen molar-refractivity contribution in [2.24, 2.45) is 4.99 Å². The standard InChI is InChI=1S/C5H4N2O2/c8-4-1-3-5(7-4)6-2-9-3/h1H,2H2,(H,6,7,8). The van der Waals surface area contributed by atoms with Crippen molar-refractivity contribution in [3.8, 4) is 0 Å². The molecule has 4 nitrogen and oxygen atoms in total. The van der Waals surface area contributed by atoms with E-state index in [0.29, 0.717) is 18.3 Å². The first-order chi connectivity index (χ1) is 4.36. The average Bonchev–Trinajstić information content (AvgIpc) is 2.22. The SMILES string of the molecule is O=C1C=C2OCN=C2N1. The first-order valence-electron chi connectivity index (χ1n) is 2.56. The number of hydrogen-bond acceptors (Lipinski definition) is 3. The second-order valence-electron chi connectivity index (χ2n) is 1.78. The fourth-order valence-corrected chi connectivity index (χ4v) is 0.796. The molecule has 0 saturated heterocycles. The summed E-state index contributed by atoms with van der Waals surface area (Å²) in [6.07, 6.45) is 1.39. The average molecular weight is 124 g/mol. The molecule has 0 bridgehead atoms. The molecule has 0 radical (unpaired) electrons. The molecule has 2 rings (SSSR count). The quantitative estimate of drug-likeness (QED) is 0.468. The molecular formula is C5H4N2O2. The molecular weight excluding hydrogens is 120 g/mol. The summed E-state index contributed by atoms with van der Waals surface area (Å²) in [5.74, 6) is 0.989. The highest BCUT2D eigenvalue weighted by Gasteiger charge is 2.23. The van der Waals surface area contributed by atoms with Gasteiger partial charge in [-0.05, 0) is 0 Å². The highest BCUT2D eigenvalue weighted by atomic mass is 16.5. The molecule has 0 aromatic heterocycles. The van der Waals surface area contributed by atoms with Gasteiger partial charge < -0.3 is 10.1 Å². The zero-order valence-electron chi connectivity index (χ0n) is 4.55. The van der Waals surface area contributed by atoms with Gasteiger partial charge in [0.05, 0.1) is 0 Å². The minimum atomic E-state index is -0.150. The summed E-state index contributed by atoms with van der Waals surface area (Å²) in [6.45, 7) is 0.335. The predicted molar refractivity (Wildman–Crippen MR) is 29.6 cm³/mol. The van der Waals surface area contributed by atoms with E-state index in [9.17, 15) is 4.79 Å². The number of carbonyl (C=O) groups is 1. The fourth-order valence-electron chi connectivity index (χ4n) is 0.796. The number of amidine groups is 1. The van der Waals surface area contributed by atoms with E-state index in [2.05, 4.69) is 10.3 Å². The van der Waals surface area contributed by atoms with E-state index in [1.54, 1.807) is 0 Å². The van der Waals surface area contributed by atoms with Crippen LogP contribution in [0.1, 0.15) is 0 Å². The van der Waals surface area contributed by atoms with E-state index in [1.807, 2.05) is 0 Å². The van der Waals surface area contributed by atoms with Crippen LogP contribution in [0.25, 0.3) is 0 Å². The molecule has 0 atom stereocenters. The van der Waals surface area contributed by atoms with E-state index in [0.717, 1.165) is 0 Å². The van der Waals surface area contributed by atoms with Gasteiger partial charge in [-0.25, -0.2) is 4.99 Å². The summed E-state index contributed by atoms with van der Waals surface area (Å²) in [7, 11) is 0. The van der Waals surface area contributed by atoms with Crippen molar-refractivity contribution in [3.05, 3.63) is 11.8 Å². The summed E-state index contributed by atoms with van der Waals surface area (Å²) in [5.41, 5.74) is 0. The Morgan fingerprint density at radius 1 is 1.78 bits per heavy atom. The van der Waals surface area contributed by atoms with Gasteiger partial charge in [0.15, 0.2) is 18.3 Å². The molecule has 46 valence electrons. The first-order valence-corrected chi connectivity index (χ1v) is 2.56. The largest absolute Gasteiger partial charge is 0.467 e. The van der Waals surface area contributed by atoms with Crippen LogP contribution in [0.3, 0.4) is 0 Å². The third-order valence-electron chi connectivity index (χ3n) is 1.18. The summed E-state index contributed by atoms with van der Waals surface area (Å²) in [4.78, 5) is 14.4. The van der Waals surface area contributed by atoms with Gasteiger partial charge in [0.25, 0.3) is 5.91 Å². The number of fused-ring (bicyclic) bond motifs is 1. The summed E-state index contributed by atoms with van der Waals surface area (Å²) in [5, 5.41) is 2.51. The molecule has 9 heavy (non-hydrogen) atoms. The van der Waals surface area contributed by atoms with Crippen LogP contribution >= 0.6 is 0 Å². The highest BCUT2D eigenvalue weighted by Crippen LogP contribution is 2.11. The van der Waals surface area contributed by atoms with Gasteiger partial charge in [-0.1, -0.05) is 0 Å². The van der Waals surface area contributed by atoms with Crippen LogP contribution in [0, 0.1) is 0 Å². The van der Waals surface area contributed by atoms with Gasteiger partial charge in [-0.2, -0.15) is 0 Å². The van der Waals surface area contributed by atoms with Crippen LogP contribution in [0.2, 0.25) is 0 Å². The Morgan fingerprint density at radius 3 is 3.44 bits per heavy atom. The van der Waals surface area contributed by atoms with E-state index in [4.69, 9.17) is 4.74 Å². The normalized spacial score (nSPS) is 22.0. The Hall–Kier alpha value is -1.32. The lowest BCUT2D eigenvalue weighted by Gasteiger charge is -1.88. The smallest absolute Gasteiger partial charge is 0.253 e. The summed E-state index contributed by atoms with van der Waals surface area (Å²) in [6, 6.07) is 0. The lowest BCUT2D eigenvalue weighted by atomic mass is 10.5. The Bertz CT molecular complexity index is 229. The van der Waals surface area contributed by atoms with Gasteiger partial charge in [-0.15, -0.1) is 0 Å². The first kappa shape index (κ1) is 4.55. The molecule has 4 heteroatoms. The Kier molecular flexibility index (Phi) is 0.677. The molecule has 0 aromatic rings. The molecule has 1 N–H and O–H groups in total. The lowest BCUT2D eigenvalue weighted by molar-refractivity contribution is -0.114. The molecule has 2 heterocycles. The van der Waals surface area contributed by atoms with Crippen LogP contribution in [-0.4, -0.2) is 18.5 Å². The number of hydrogen-bond donors (Lipinski definition) is 1. The number of nitrogens with zero attached hydrogens (tertiary/aromatic N) is 1. The van der Waals surface area contributed by atoms with E-state index < -0.39 is 0 Å². The zero-order chi connectivity index (χ0) is 6.27. The molecule has 0 fully saturated rings. The zero-order valence-corrected chi connectivity index (χ0v) is 4.55. The van der Waals surface area contributed by atoms with E-state index in [1.165, 1.54) is 6.08 Å². The predicted octanol–water partition coefficient (Wildman–Crippen LogP) is -0.614. The van der Waals surface area contributed by atoms with E-state index >= 15 is 0 Å². The molecule has 0 saturated carbocycles. The number of rotatable bonds is 0. The van der Waals surface area contributed by atoms with E-state index in [-0.39, 0.29) is 5.91 Å². The minimum Gasteiger partial charge on any atom is -0.467 e. The van der Waals surface area contributed by atoms with Crippen LogP contribution in [0.4, 0.5) is 0 Å². The molecule has 0 aromatic carbocycles. The summed E-state index contributed by atoms with van der Waals surface area (Å²) >= 11 is 0. The van der Waals surface area contributed by atoms with Gasteiger partial charge in [-0.3, -0.25) is 4.79 Å². The van der Waals surface area contributed by atoms with Crippen LogP contribution in [0.15, 0.2) is 16.8 Å². The van der Waals surface area contributed by atoms with Crippen LogP contribution in [-0.2, 0) is 9.53 Å². The van der Waals surface area contributed by atoms with Gasteiger partial charge in [0.2, 0.25) is 0 Å². The maximum absolute atomic E-state index is 10.5. The third kappa shape index (κ3) is 0.526. The van der Waals surface area contributed by atoms with Crippen molar-refractivity contribution in [2.45, 2.75) is 0 Å². The van der Waals surface area contributed by atoms with Crippen molar-refractivity contribution >= 4 is 11.7 Å². The Morgan fingerprint density at radius 2 is 2.67 bits per heavy atom. The summed E-state index contributed by atoms with van der Waals surface area (Å²) < 4.78 is 4.92. The number of aliphatic imine (C=N–C) groups is 1. The second kappa shape index (κ2) is 1.34. The van der Waals surface area contributed by atoms with Crippen molar-refractivity contribution in [1.29, 1.82) is 0 Å². The highest BCUT2D eigenvalue weighted by molar-refractivity contribution is 6.18. The Labute approximate surface area is 51.2 Å². The third-order valence-corrected chi connectivity index (χ3v) is 1.18. The molecule has 2 aliphatic rings. The molecule has 1 amide bonds. The number of nitrogens with one attached hydrogen (secondary N) is 1. The van der Waals surface area contributed by atoms with Crippen molar-refractivity contribution in [3.63, 3.8) is 0 Å². The fraction of sp³-hybridized carbons (Fsp3) is 0.200. The second-order valence-corrected chi connectivity index (χ2v) is 1.78. The molecule has 0 unspecified atom stereocenters. The molecule has 0 spiro atoms. The van der Waals surface area contributed by atoms with Crippen molar-refractivity contribution in [2.75, 3.05) is 6.73 Å². The topological polar surface area (TPSA) is 50.7 Å². The van der Waals surface area contributed by atoms with Crippen LogP contribution in [0.5, 0.6) is 0 Å². The van der Waals surface area contributed by atoms with Crippen molar-refractivity contribution < 1.29 is 9.53 Å². The maximum Gasteiger partial charge on any atom is 0.253 e. The minimum absolute atomic E-state index is 0.150. The number of amides is 1. The van der Waals surface area contributed by atoms with Gasteiger partial charge in [0, 0.05) is 6.08 Å². The number of carbonyl (C=O) groups excluding carboxylic acids is 1. The maximum atomic E-state index is 10.5. The monoisotopic (exact) mass is 124 g/mol. The van der Waals surface area contributed by atoms with Crippen molar-refractivity contribution in [1.82, 2.24) is 5.32 Å².